The number of hydrogen-bond donors (Lipinski definition) is 1. The molecular weight excluding hydrogens is 363 g/mol. The fraction of sp³-hybridized carbons (Fsp3) is 0.600. The van der Waals surface area contributed by atoms with Crippen molar-refractivity contribution in [1.82, 2.24) is 0 Å². The maximum Gasteiger partial charge on any atom is 0 e. The van der Waals surface area contributed by atoms with Gasteiger partial charge >= 0.3 is 0 Å². The van der Waals surface area contributed by atoms with Crippen molar-refractivity contribution in [3.05, 3.63) is 6.92 Å². The third-order valence-corrected chi connectivity index (χ3v) is 0.749. The molecule has 0 aliphatic heterocycles. The standard InChI is InChI=1S/C5H9NO.W.Y/c1-4(2)5(6)3-7;;/h4-5H,1,6H2,2H3;;/q-2;;. The van der Waals surface area contributed by atoms with Gasteiger partial charge in [0.1, 0.15) is 0 Å². The summed E-state index contributed by atoms with van der Waals surface area (Å²) >= 11 is 0. The normalized spacial score (nSPS) is 14.1. The predicted molar refractivity (Wildman–Crippen MR) is 28.2 cm³/mol. The predicted octanol–water partition coefficient (Wildman–Crippen LogP) is -0.111. The van der Waals surface area contributed by atoms with Crippen LogP contribution in [0.5, 0.6) is 0 Å². The summed E-state index contributed by atoms with van der Waals surface area (Å²) in [7, 11) is 0. The second-order valence-corrected chi connectivity index (χ2v) is 1.62. The van der Waals surface area contributed by atoms with Crippen LogP contribution in [0.25, 0.3) is 0 Å². The summed E-state index contributed by atoms with van der Waals surface area (Å²) in [5.41, 5.74) is 5.13. The summed E-state index contributed by atoms with van der Waals surface area (Å²) in [5.74, 6) is -0.0301. The monoisotopic (exact) mass is 372 g/mol. The second-order valence-electron chi connectivity index (χ2n) is 1.62. The summed E-state index contributed by atoms with van der Waals surface area (Å²) in [6, 6.07) is -0.514. The van der Waals surface area contributed by atoms with E-state index in [1.54, 1.807) is 13.2 Å². The Kier molecular flexibility index (Phi) is 17.6. The van der Waals surface area contributed by atoms with Gasteiger partial charge in [-0.15, -0.1) is 6.04 Å². The molecule has 4 heteroatoms. The Labute approximate surface area is 95.5 Å². The summed E-state index contributed by atoms with van der Waals surface area (Å²) in [6.45, 7) is 5.30. The Morgan fingerprint density at radius 1 is 1.67 bits per heavy atom. The fourth-order valence-electron chi connectivity index (χ4n) is 0.116. The first-order valence-corrected chi connectivity index (χ1v) is 2.15. The Balaban J connectivity index is -0.000000180. The molecular formula is C5H9NOWY-2. The summed E-state index contributed by atoms with van der Waals surface area (Å²) in [5, 5.41) is 0. The minimum Gasteiger partial charge on any atom is -0.540 e. The van der Waals surface area contributed by atoms with Crippen molar-refractivity contribution in [1.29, 1.82) is 0 Å². The second kappa shape index (κ2) is 9.42. The van der Waals surface area contributed by atoms with E-state index in [0.29, 0.717) is 0 Å². The van der Waals surface area contributed by atoms with Crippen molar-refractivity contribution in [2.45, 2.75) is 13.0 Å². The van der Waals surface area contributed by atoms with Crippen LogP contribution < -0.4 is 5.73 Å². The zero-order valence-corrected chi connectivity index (χ0v) is 11.1. The van der Waals surface area contributed by atoms with Crippen LogP contribution in [0, 0.1) is 12.8 Å². The third kappa shape index (κ3) is 9.42. The van der Waals surface area contributed by atoms with E-state index in [-0.39, 0.29) is 59.7 Å². The van der Waals surface area contributed by atoms with E-state index in [0.717, 1.165) is 0 Å². The number of nitrogens with two attached hydrogens (primary N) is 1. The van der Waals surface area contributed by atoms with E-state index < -0.39 is 6.04 Å². The van der Waals surface area contributed by atoms with Crippen LogP contribution >= 0.6 is 0 Å². The van der Waals surface area contributed by atoms with Gasteiger partial charge in [0.15, 0.2) is 0 Å². The molecule has 2 atom stereocenters. The van der Waals surface area contributed by atoms with E-state index in [1.165, 1.54) is 0 Å². The summed E-state index contributed by atoms with van der Waals surface area (Å²) in [4.78, 5) is 9.66. The zero-order chi connectivity index (χ0) is 5.86. The van der Waals surface area contributed by atoms with Gasteiger partial charge < -0.3 is 17.5 Å². The van der Waals surface area contributed by atoms with Gasteiger partial charge in [-0.25, -0.2) is 6.29 Å². The molecule has 0 aromatic rings. The first-order valence-electron chi connectivity index (χ1n) is 2.15. The molecule has 0 spiro atoms. The molecule has 2 unspecified atom stereocenters. The Bertz CT molecular complexity index is 70.0. The smallest absolute Gasteiger partial charge is 0 e. The van der Waals surface area contributed by atoms with Crippen LogP contribution in [0.3, 0.4) is 0 Å². The van der Waals surface area contributed by atoms with Gasteiger partial charge in [-0.05, 0) is 0 Å². The molecule has 1 radical (unpaired) electrons. The Morgan fingerprint density at radius 3 is 2.00 bits per heavy atom. The van der Waals surface area contributed by atoms with E-state index in [9.17, 15) is 4.79 Å². The van der Waals surface area contributed by atoms with Gasteiger partial charge in [0.25, 0.3) is 0 Å². The molecule has 0 bridgehead atoms. The average molecular weight is 372 g/mol. The molecule has 0 aromatic carbocycles. The van der Waals surface area contributed by atoms with Crippen molar-refractivity contribution in [3.63, 3.8) is 0 Å². The molecule has 0 saturated heterocycles. The van der Waals surface area contributed by atoms with Gasteiger partial charge in [0.05, 0.1) is 0 Å². The summed E-state index contributed by atoms with van der Waals surface area (Å²) in [6.07, 6.45) is 1.63. The minimum atomic E-state index is -0.514. The van der Waals surface area contributed by atoms with Crippen LogP contribution in [-0.4, -0.2) is 12.3 Å². The van der Waals surface area contributed by atoms with Crippen molar-refractivity contribution < 1.29 is 58.6 Å². The van der Waals surface area contributed by atoms with Crippen LogP contribution in [-0.2, 0) is 58.6 Å². The molecule has 2 N–H and O–H groups in total. The average Bonchev–Trinajstić information content (AvgIpc) is 1.65. The van der Waals surface area contributed by atoms with Crippen LogP contribution in [0.4, 0.5) is 0 Å². The van der Waals surface area contributed by atoms with E-state index in [4.69, 9.17) is 5.73 Å². The molecule has 0 aliphatic rings. The minimum absolute atomic E-state index is 0. The molecule has 9 heavy (non-hydrogen) atoms. The Morgan fingerprint density at radius 2 is 2.00 bits per heavy atom. The molecule has 51 valence electrons. The number of carbonyl (C=O) groups excluding carboxylic acids is 1. The van der Waals surface area contributed by atoms with Crippen LogP contribution in [0.2, 0.25) is 0 Å². The van der Waals surface area contributed by atoms with Crippen molar-refractivity contribution in [2.75, 3.05) is 0 Å². The fourth-order valence-corrected chi connectivity index (χ4v) is 0.116. The van der Waals surface area contributed by atoms with E-state index in [2.05, 4.69) is 6.92 Å². The van der Waals surface area contributed by atoms with Crippen molar-refractivity contribution in [3.8, 4) is 0 Å². The zero-order valence-electron chi connectivity index (χ0n) is 5.33. The largest absolute Gasteiger partial charge is 0.540 e. The topological polar surface area (TPSA) is 43.1 Å². The van der Waals surface area contributed by atoms with E-state index in [1.807, 2.05) is 0 Å². The van der Waals surface area contributed by atoms with Crippen LogP contribution in [0.15, 0.2) is 0 Å². The molecule has 0 amide bonds. The molecule has 2 nitrogen and oxygen atoms in total. The van der Waals surface area contributed by atoms with Crippen molar-refractivity contribution >= 4 is 6.29 Å². The van der Waals surface area contributed by atoms with Crippen molar-refractivity contribution in [2.24, 2.45) is 11.7 Å². The maximum absolute atomic E-state index is 9.66. The molecule has 0 fully saturated rings. The van der Waals surface area contributed by atoms with Gasteiger partial charge in [0, 0.05) is 53.8 Å². The molecule has 0 aromatic heterocycles. The first kappa shape index (κ1) is 16.8. The number of hydrogen-bond acceptors (Lipinski definition) is 2. The SMILES string of the molecule is [CH2-]C(C)C(N)[C-]=O.[W].[Y]. The van der Waals surface area contributed by atoms with Gasteiger partial charge in [-0.1, -0.05) is 6.92 Å². The van der Waals surface area contributed by atoms with Gasteiger partial charge in [-0.2, -0.15) is 5.92 Å². The Hall–Kier alpha value is 1.42. The quantitative estimate of drug-likeness (QED) is 0.688. The number of rotatable bonds is 2. The molecule has 0 rings (SSSR count). The molecule has 0 heterocycles. The summed E-state index contributed by atoms with van der Waals surface area (Å²) < 4.78 is 0. The maximum atomic E-state index is 9.66. The van der Waals surface area contributed by atoms with Crippen LogP contribution in [0.1, 0.15) is 6.92 Å². The molecule has 0 aliphatic carbocycles. The first-order chi connectivity index (χ1) is 3.18. The van der Waals surface area contributed by atoms with Gasteiger partial charge in [0.2, 0.25) is 0 Å². The molecule has 0 saturated carbocycles. The van der Waals surface area contributed by atoms with E-state index >= 15 is 0 Å². The van der Waals surface area contributed by atoms with Gasteiger partial charge in [-0.3, -0.25) is 0 Å². The third-order valence-electron chi connectivity index (χ3n) is 0.749.